The van der Waals surface area contributed by atoms with Gasteiger partial charge in [-0.3, -0.25) is 10.1 Å². The fourth-order valence-corrected chi connectivity index (χ4v) is 4.40. The van der Waals surface area contributed by atoms with Gasteiger partial charge in [-0.15, -0.1) is 0 Å². The van der Waals surface area contributed by atoms with Gasteiger partial charge in [0.2, 0.25) is 5.91 Å². The van der Waals surface area contributed by atoms with E-state index >= 15 is 0 Å². The van der Waals surface area contributed by atoms with Gasteiger partial charge in [-0.05, 0) is 67.6 Å². The lowest BCUT2D eigenvalue weighted by atomic mass is 10.0. The molecule has 0 radical (unpaired) electrons. The van der Waals surface area contributed by atoms with Gasteiger partial charge in [0.1, 0.15) is 11.9 Å². The predicted octanol–water partition coefficient (Wildman–Crippen LogP) is 3.65. The lowest BCUT2D eigenvalue weighted by Crippen LogP contribution is -2.45. The number of aromatic nitrogens is 1. The molecule has 0 saturated carbocycles. The van der Waals surface area contributed by atoms with Crippen molar-refractivity contribution in [2.24, 2.45) is 5.92 Å². The van der Waals surface area contributed by atoms with Crippen molar-refractivity contribution in [3.63, 3.8) is 0 Å². The van der Waals surface area contributed by atoms with Crippen LogP contribution in [0.2, 0.25) is 5.02 Å². The number of nitrogens with zero attached hydrogens (tertiary/aromatic N) is 3. The van der Waals surface area contributed by atoms with E-state index in [1.807, 2.05) is 13.0 Å². The van der Waals surface area contributed by atoms with Crippen LogP contribution < -0.4 is 10.6 Å². The third-order valence-electron chi connectivity index (χ3n) is 6.04. The van der Waals surface area contributed by atoms with Crippen LogP contribution in [0.3, 0.4) is 0 Å². The molecule has 2 aliphatic heterocycles. The first kappa shape index (κ1) is 21.6. The number of anilines is 2. The SMILES string of the molecule is C[C@@H]1C[C@H](C(=O)Nc2ccc3c(c2)CCN(C)CC3)N(C(=O)Nc2ccc(Cl)cn2)C1. The second-order valence-electron chi connectivity index (χ2n) is 8.58. The molecule has 7 nitrogen and oxygen atoms in total. The highest BCUT2D eigenvalue weighted by atomic mass is 35.5. The van der Waals surface area contributed by atoms with E-state index in [1.54, 1.807) is 17.0 Å². The van der Waals surface area contributed by atoms with Crippen molar-refractivity contribution in [2.75, 3.05) is 37.3 Å². The summed E-state index contributed by atoms with van der Waals surface area (Å²) >= 11 is 5.86. The molecule has 1 fully saturated rings. The minimum absolute atomic E-state index is 0.158. The van der Waals surface area contributed by atoms with E-state index in [-0.39, 0.29) is 17.9 Å². The normalized spacial score (nSPS) is 21.3. The van der Waals surface area contributed by atoms with Crippen LogP contribution in [0.25, 0.3) is 0 Å². The Balaban J connectivity index is 1.44. The van der Waals surface area contributed by atoms with E-state index in [4.69, 9.17) is 11.6 Å². The molecule has 0 spiro atoms. The first-order valence-corrected chi connectivity index (χ1v) is 11.1. The second kappa shape index (κ2) is 9.24. The number of carbonyl (C=O) groups is 2. The number of carbonyl (C=O) groups excluding carboxylic acids is 2. The Kier molecular flexibility index (Phi) is 6.43. The van der Waals surface area contributed by atoms with Crippen molar-refractivity contribution in [1.29, 1.82) is 0 Å². The van der Waals surface area contributed by atoms with Gasteiger partial charge >= 0.3 is 6.03 Å². The number of amides is 3. The van der Waals surface area contributed by atoms with Gasteiger partial charge in [0.25, 0.3) is 0 Å². The molecule has 2 aromatic rings. The lowest BCUT2D eigenvalue weighted by Gasteiger charge is -2.24. The van der Waals surface area contributed by atoms with Crippen LogP contribution in [0.1, 0.15) is 24.5 Å². The Morgan fingerprint density at radius 1 is 1.10 bits per heavy atom. The van der Waals surface area contributed by atoms with E-state index in [1.165, 1.54) is 17.3 Å². The van der Waals surface area contributed by atoms with E-state index < -0.39 is 6.04 Å². The van der Waals surface area contributed by atoms with Gasteiger partial charge in [0, 0.05) is 31.5 Å². The molecule has 31 heavy (non-hydrogen) atoms. The first-order chi connectivity index (χ1) is 14.9. The standard InChI is InChI=1S/C23H28ClN5O2/c1-15-11-20(29(14-15)23(31)27-21-6-4-18(24)13-25-21)22(30)26-19-5-3-16-7-9-28(2)10-8-17(16)12-19/h3-6,12-13,15,20H,7-11,14H2,1-2H3,(H,26,30)(H,25,27,31)/t15-,20-/m1/s1. The molecule has 2 N–H and O–H groups in total. The van der Waals surface area contributed by atoms with Crippen LogP contribution >= 0.6 is 11.6 Å². The van der Waals surface area contributed by atoms with Crippen molar-refractivity contribution in [2.45, 2.75) is 32.2 Å². The summed E-state index contributed by atoms with van der Waals surface area (Å²) in [5, 5.41) is 6.30. The Labute approximate surface area is 187 Å². The number of fused-ring (bicyclic) bond motifs is 1. The third kappa shape index (κ3) is 5.17. The largest absolute Gasteiger partial charge is 0.324 e. The van der Waals surface area contributed by atoms with Gasteiger partial charge < -0.3 is 15.1 Å². The predicted molar refractivity (Wildman–Crippen MR) is 123 cm³/mol. The zero-order valence-electron chi connectivity index (χ0n) is 17.9. The molecule has 2 aliphatic rings. The topological polar surface area (TPSA) is 77.6 Å². The fourth-order valence-electron chi connectivity index (χ4n) is 4.29. The number of pyridine rings is 1. The molecule has 3 amide bonds. The van der Waals surface area contributed by atoms with Crippen LogP contribution in [0.4, 0.5) is 16.3 Å². The number of rotatable bonds is 3. The van der Waals surface area contributed by atoms with Gasteiger partial charge in [-0.1, -0.05) is 24.6 Å². The zero-order chi connectivity index (χ0) is 22.0. The number of likely N-dealkylation sites (tertiary alicyclic amines) is 1. The molecule has 2 atom stereocenters. The van der Waals surface area contributed by atoms with E-state index in [0.29, 0.717) is 23.8 Å². The third-order valence-corrected chi connectivity index (χ3v) is 6.26. The summed E-state index contributed by atoms with van der Waals surface area (Å²) in [4.78, 5) is 33.9. The average Bonchev–Trinajstić information content (AvgIpc) is 3.05. The van der Waals surface area contributed by atoms with Gasteiger partial charge in [-0.25, -0.2) is 9.78 Å². The summed E-state index contributed by atoms with van der Waals surface area (Å²) in [7, 11) is 2.13. The fraction of sp³-hybridized carbons (Fsp3) is 0.435. The zero-order valence-corrected chi connectivity index (χ0v) is 18.7. The van der Waals surface area contributed by atoms with Crippen LogP contribution in [0.15, 0.2) is 36.5 Å². The van der Waals surface area contributed by atoms with Crippen LogP contribution in [0.5, 0.6) is 0 Å². The number of hydrogen-bond donors (Lipinski definition) is 2. The number of urea groups is 1. The summed E-state index contributed by atoms with van der Waals surface area (Å²) in [6.45, 7) is 4.63. The molecule has 0 aliphatic carbocycles. The second-order valence-corrected chi connectivity index (χ2v) is 9.01. The Morgan fingerprint density at radius 3 is 2.61 bits per heavy atom. The monoisotopic (exact) mass is 441 g/mol. The first-order valence-electron chi connectivity index (χ1n) is 10.7. The lowest BCUT2D eigenvalue weighted by molar-refractivity contribution is -0.119. The molecular weight excluding hydrogens is 414 g/mol. The Bertz CT molecular complexity index is 965. The highest BCUT2D eigenvalue weighted by Crippen LogP contribution is 2.26. The highest BCUT2D eigenvalue weighted by Gasteiger charge is 2.38. The van der Waals surface area contributed by atoms with Crippen LogP contribution in [0, 0.1) is 5.92 Å². The summed E-state index contributed by atoms with van der Waals surface area (Å²) in [5.74, 6) is 0.486. The van der Waals surface area contributed by atoms with E-state index in [0.717, 1.165) is 31.6 Å². The van der Waals surface area contributed by atoms with Crippen molar-refractivity contribution < 1.29 is 9.59 Å². The number of likely N-dealkylation sites (N-methyl/N-ethyl adjacent to an activating group) is 1. The number of benzene rings is 1. The number of hydrogen-bond acceptors (Lipinski definition) is 4. The molecule has 8 heteroatoms. The molecule has 1 saturated heterocycles. The molecule has 164 valence electrons. The molecular formula is C23H28ClN5O2. The van der Waals surface area contributed by atoms with E-state index in [9.17, 15) is 9.59 Å². The highest BCUT2D eigenvalue weighted by molar-refractivity contribution is 6.30. The maximum Gasteiger partial charge on any atom is 0.323 e. The van der Waals surface area contributed by atoms with E-state index in [2.05, 4.69) is 39.7 Å². The van der Waals surface area contributed by atoms with Gasteiger partial charge in [-0.2, -0.15) is 0 Å². The van der Waals surface area contributed by atoms with Gasteiger partial charge in [0.15, 0.2) is 0 Å². The maximum atomic E-state index is 13.1. The molecule has 1 aromatic carbocycles. The number of halogens is 1. The Hall–Kier alpha value is -2.64. The quantitative estimate of drug-likeness (QED) is 0.762. The molecule has 0 unspecified atom stereocenters. The molecule has 1 aromatic heterocycles. The minimum Gasteiger partial charge on any atom is -0.324 e. The number of nitrogens with one attached hydrogen (secondary N) is 2. The summed E-state index contributed by atoms with van der Waals surface area (Å²) < 4.78 is 0. The molecule has 0 bridgehead atoms. The van der Waals surface area contributed by atoms with Crippen LogP contribution in [-0.4, -0.2) is 59.4 Å². The summed E-state index contributed by atoms with van der Waals surface area (Å²) in [6, 6.07) is 8.60. The maximum absolute atomic E-state index is 13.1. The van der Waals surface area contributed by atoms with Crippen molar-refractivity contribution in [1.82, 2.24) is 14.8 Å². The van der Waals surface area contributed by atoms with Crippen molar-refractivity contribution >= 4 is 35.0 Å². The molecule has 3 heterocycles. The smallest absolute Gasteiger partial charge is 0.323 e. The van der Waals surface area contributed by atoms with Crippen LogP contribution in [-0.2, 0) is 17.6 Å². The summed E-state index contributed by atoms with van der Waals surface area (Å²) in [5.41, 5.74) is 3.41. The van der Waals surface area contributed by atoms with Gasteiger partial charge in [0.05, 0.1) is 5.02 Å². The van der Waals surface area contributed by atoms with Crippen molar-refractivity contribution in [3.05, 3.63) is 52.7 Å². The summed E-state index contributed by atoms with van der Waals surface area (Å²) in [6.07, 6.45) is 4.10. The average molecular weight is 442 g/mol. The Morgan fingerprint density at radius 2 is 1.87 bits per heavy atom. The molecule has 4 rings (SSSR count). The minimum atomic E-state index is -0.521. The van der Waals surface area contributed by atoms with Crippen molar-refractivity contribution in [3.8, 4) is 0 Å².